The van der Waals surface area contributed by atoms with E-state index in [0.29, 0.717) is 18.7 Å². The minimum Gasteiger partial charge on any atom is -0.507 e. The summed E-state index contributed by atoms with van der Waals surface area (Å²) in [4.78, 5) is 20.8. The normalized spacial score (nSPS) is 15.6. The fraction of sp³-hybridized carbons (Fsp3) is 0.333. The molecule has 0 spiro atoms. The van der Waals surface area contributed by atoms with E-state index in [2.05, 4.69) is 16.0 Å². The van der Waals surface area contributed by atoms with E-state index >= 15 is 0 Å². The van der Waals surface area contributed by atoms with Crippen LogP contribution in [0.15, 0.2) is 42.7 Å². The number of hydrogen-bond acceptors (Lipinski definition) is 4. The number of carbonyl (C=O) groups is 1. The fourth-order valence-corrected chi connectivity index (χ4v) is 2.85. The van der Waals surface area contributed by atoms with Crippen molar-refractivity contribution in [2.75, 3.05) is 26.2 Å². The third-order valence-electron chi connectivity index (χ3n) is 4.17. The molecule has 2 aromatic rings. The van der Waals surface area contributed by atoms with E-state index in [1.807, 2.05) is 24.1 Å². The van der Waals surface area contributed by atoms with Crippen molar-refractivity contribution in [2.24, 2.45) is 0 Å². The zero-order valence-corrected chi connectivity index (χ0v) is 13.3. The number of aromatic nitrogens is 1. The Morgan fingerprint density at radius 2 is 2.00 bits per heavy atom. The summed E-state index contributed by atoms with van der Waals surface area (Å²) in [6.45, 7) is 5.77. The number of hydrogen-bond donors (Lipinski definition) is 1. The molecule has 1 N–H and O–H groups in total. The first-order valence-corrected chi connectivity index (χ1v) is 7.83. The molecule has 1 aromatic carbocycles. The maximum absolute atomic E-state index is 12.6. The molecular formula is C18H21N3O2. The van der Waals surface area contributed by atoms with Gasteiger partial charge in [0.25, 0.3) is 5.91 Å². The van der Waals surface area contributed by atoms with Crippen LogP contribution in [0.25, 0.3) is 0 Å². The lowest BCUT2D eigenvalue weighted by Gasteiger charge is -2.34. The van der Waals surface area contributed by atoms with Crippen LogP contribution in [0, 0.1) is 6.92 Å². The van der Waals surface area contributed by atoms with Crippen LogP contribution in [0.1, 0.15) is 21.5 Å². The largest absolute Gasteiger partial charge is 0.507 e. The molecule has 0 atom stereocenters. The zero-order valence-electron chi connectivity index (χ0n) is 13.3. The first-order valence-electron chi connectivity index (χ1n) is 7.83. The average molecular weight is 311 g/mol. The number of aromatic hydroxyl groups is 1. The molecule has 1 aliphatic heterocycles. The van der Waals surface area contributed by atoms with Gasteiger partial charge in [-0.05, 0) is 30.7 Å². The number of phenolic OH excluding ortho intramolecular Hbond substituents is 1. The van der Waals surface area contributed by atoms with Gasteiger partial charge < -0.3 is 10.0 Å². The van der Waals surface area contributed by atoms with Crippen LogP contribution < -0.4 is 0 Å². The third kappa shape index (κ3) is 3.68. The van der Waals surface area contributed by atoms with Crippen LogP contribution in [0.3, 0.4) is 0 Å². The van der Waals surface area contributed by atoms with Crippen LogP contribution in [0.4, 0.5) is 0 Å². The fourth-order valence-electron chi connectivity index (χ4n) is 2.85. The molecule has 0 bridgehead atoms. The van der Waals surface area contributed by atoms with Crippen LogP contribution in [-0.4, -0.2) is 52.0 Å². The van der Waals surface area contributed by atoms with Crippen molar-refractivity contribution in [3.05, 3.63) is 59.4 Å². The Morgan fingerprint density at radius 3 is 2.70 bits per heavy atom. The van der Waals surface area contributed by atoms with Crippen LogP contribution in [0.2, 0.25) is 0 Å². The topological polar surface area (TPSA) is 56.7 Å². The van der Waals surface area contributed by atoms with Crippen molar-refractivity contribution < 1.29 is 9.90 Å². The van der Waals surface area contributed by atoms with Gasteiger partial charge in [0, 0.05) is 45.1 Å². The highest BCUT2D eigenvalue weighted by atomic mass is 16.3. The first-order chi connectivity index (χ1) is 11.1. The minimum atomic E-state index is -0.0905. The number of pyridine rings is 1. The molecule has 120 valence electrons. The first kappa shape index (κ1) is 15.5. The van der Waals surface area contributed by atoms with E-state index < -0.39 is 0 Å². The predicted molar refractivity (Wildman–Crippen MR) is 88.3 cm³/mol. The summed E-state index contributed by atoms with van der Waals surface area (Å²) in [5.41, 5.74) is 2.55. The lowest BCUT2D eigenvalue weighted by Crippen LogP contribution is -2.48. The standard InChI is InChI=1S/C18H21N3O2/c1-14-4-5-17(22)16(11-14)18(23)21-9-7-20(8-10-21)13-15-3-2-6-19-12-15/h2-6,11-12,22H,7-10,13H2,1H3. The smallest absolute Gasteiger partial charge is 0.257 e. The van der Waals surface area contributed by atoms with E-state index in [1.165, 1.54) is 5.56 Å². The van der Waals surface area contributed by atoms with Crippen LogP contribution in [-0.2, 0) is 6.54 Å². The van der Waals surface area contributed by atoms with E-state index in [0.717, 1.165) is 25.2 Å². The number of piperazine rings is 1. The summed E-state index contributed by atoms with van der Waals surface area (Å²) in [7, 11) is 0. The van der Waals surface area contributed by atoms with Crippen molar-refractivity contribution in [3.8, 4) is 5.75 Å². The van der Waals surface area contributed by atoms with Crippen LogP contribution >= 0.6 is 0 Å². The summed E-state index contributed by atoms with van der Waals surface area (Å²) >= 11 is 0. The van der Waals surface area contributed by atoms with Crippen molar-refractivity contribution in [2.45, 2.75) is 13.5 Å². The van der Waals surface area contributed by atoms with Gasteiger partial charge in [-0.3, -0.25) is 14.7 Å². The van der Waals surface area contributed by atoms with Crippen molar-refractivity contribution in [3.63, 3.8) is 0 Å². The molecule has 5 heteroatoms. The highest BCUT2D eigenvalue weighted by Gasteiger charge is 2.24. The Kier molecular flexibility index (Phi) is 4.57. The molecule has 1 aliphatic rings. The number of benzene rings is 1. The predicted octanol–water partition coefficient (Wildman–Crippen LogP) is 2.05. The van der Waals surface area contributed by atoms with Gasteiger partial charge in [-0.1, -0.05) is 17.7 Å². The molecule has 0 radical (unpaired) electrons. The SMILES string of the molecule is Cc1ccc(O)c(C(=O)N2CCN(Cc3cccnc3)CC2)c1. The highest BCUT2D eigenvalue weighted by Crippen LogP contribution is 2.21. The second-order valence-corrected chi connectivity index (χ2v) is 5.95. The molecule has 1 aromatic heterocycles. The molecule has 2 heterocycles. The van der Waals surface area contributed by atoms with Crippen LogP contribution in [0.5, 0.6) is 5.75 Å². The summed E-state index contributed by atoms with van der Waals surface area (Å²) in [6.07, 6.45) is 3.65. The van der Waals surface area contributed by atoms with Crippen molar-refractivity contribution in [1.82, 2.24) is 14.8 Å². The number of rotatable bonds is 3. The molecular weight excluding hydrogens is 290 g/mol. The maximum atomic E-state index is 12.6. The van der Waals surface area contributed by atoms with Crippen molar-refractivity contribution in [1.29, 1.82) is 0 Å². The van der Waals surface area contributed by atoms with Gasteiger partial charge >= 0.3 is 0 Å². The lowest BCUT2D eigenvalue weighted by atomic mass is 10.1. The molecule has 1 amide bonds. The van der Waals surface area contributed by atoms with E-state index in [1.54, 1.807) is 24.4 Å². The van der Waals surface area contributed by atoms with E-state index in [9.17, 15) is 9.90 Å². The second kappa shape index (κ2) is 6.79. The van der Waals surface area contributed by atoms with Gasteiger partial charge in [0.2, 0.25) is 0 Å². The van der Waals surface area contributed by atoms with E-state index in [4.69, 9.17) is 0 Å². The zero-order chi connectivity index (χ0) is 16.2. The van der Waals surface area contributed by atoms with Gasteiger partial charge in [-0.2, -0.15) is 0 Å². The molecule has 5 nitrogen and oxygen atoms in total. The highest BCUT2D eigenvalue weighted by molar-refractivity contribution is 5.97. The van der Waals surface area contributed by atoms with Gasteiger partial charge in [0.1, 0.15) is 5.75 Å². The molecule has 23 heavy (non-hydrogen) atoms. The molecule has 0 aliphatic carbocycles. The molecule has 0 saturated carbocycles. The number of carbonyl (C=O) groups excluding carboxylic acids is 1. The quantitative estimate of drug-likeness (QED) is 0.942. The van der Waals surface area contributed by atoms with Gasteiger partial charge in [0.05, 0.1) is 5.56 Å². The Labute approximate surface area is 136 Å². The Morgan fingerprint density at radius 1 is 1.22 bits per heavy atom. The molecule has 1 saturated heterocycles. The maximum Gasteiger partial charge on any atom is 0.257 e. The monoisotopic (exact) mass is 311 g/mol. The summed E-state index contributed by atoms with van der Waals surface area (Å²) in [5, 5.41) is 9.92. The van der Waals surface area contributed by atoms with Gasteiger partial charge in [-0.25, -0.2) is 0 Å². The van der Waals surface area contributed by atoms with Gasteiger partial charge in [-0.15, -0.1) is 0 Å². The number of amides is 1. The Balaban J connectivity index is 1.60. The summed E-state index contributed by atoms with van der Waals surface area (Å²) < 4.78 is 0. The molecule has 0 unspecified atom stereocenters. The third-order valence-corrected chi connectivity index (χ3v) is 4.17. The number of nitrogens with zero attached hydrogens (tertiary/aromatic N) is 3. The average Bonchev–Trinajstić information content (AvgIpc) is 2.58. The Bertz CT molecular complexity index is 680. The number of phenols is 1. The lowest BCUT2D eigenvalue weighted by molar-refractivity contribution is 0.0625. The van der Waals surface area contributed by atoms with E-state index in [-0.39, 0.29) is 11.7 Å². The van der Waals surface area contributed by atoms with Crippen molar-refractivity contribution >= 4 is 5.91 Å². The second-order valence-electron chi connectivity index (χ2n) is 5.95. The minimum absolute atomic E-state index is 0.0541. The molecule has 3 rings (SSSR count). The molecule has 1 fully saturated rings. The summed E-state index contributed by atoms with van der Waals surface area (Å²) in [6, 6.07) is 9.14. The Hall–Kier alpha value is -2.40. The summed E-state index contributed by atoms with van der Waals surface area (Å²) in [5.74, 6) is -0.0365. The van der Waals surface area contributed by atoms with Gasteiger partial charge in [0.15, 0.2) is 0 Å². The number of aryl methyl sites for hydroxylation is 1.